The Bertz CT molecular complexity index is 303. The summed E-state index contributed by atoms with van der Waals surface area (Å²) in [6.07, 6.45) is 7.24. The standard InChI is InChI=1S/C17H32N2/c1-6-8-11-19(5)16-12-15(17(3,4)7-2)10-9-14(16)13-18/h14-16H,6-12H2,1-5H3. The van der Waals surface area contributed by atoms with Crippen LogP contribution in [-0.4, -0.2) is 24.5 Å². The zero-order chi connectivity index (χ0) is 14.5. The molecule has 1 aliphatic carbocycles. The van der Waals surface area contributed by atoms with Gasteiger partial charge in [0.15, 0.2) is 0 Å². The predicted octanol–water partition coefficient (Wildman–Crippen LogP) is 4.46. The molecule has 1 rings (SSSR count). The van der Waals surface area contributed by atoms with Crippen molar-refractivity contribution in [1.82, 2.24) is 4.90 Å². The minimum Gasteiger partial charge on any atom is -0.302 e. The Kier molecular flexibility index (Phi) is 6.33. The molecule has 0 bridgehead atoms. The third kappa shape index (κ3) is 4.21. The first-order valence-electron chi connectivity index (χ1n) is 8.06. The number of rotatable bonds is 6. The Morgan fingerprint density at radius 2 is 1.95 bits per heavy atom. The minimum absolute atomic E-state index is 0.241. The molecule has 2 heteroatoms. The molecule has 3 unspecified atom stereocenters. The van der Waals surface area contributed by atoms with Crippen LogP contribution in [0, 0.1) is 28.6 Å². The molecule has 1 fully saturated rings. The van der Waals surface area contributed by atoms with Crippen LogP contribution >= 0.6 is 0 Å². The predicted molar refractivity (Wildman–Crippen MR) is 81.8 cm³/mol. The average molecular weight is 264 g/mol. The molecule has 1 aliphatic rings. The molecule has 0 spiro atoms. The first kappa shape index (κ1) is 16.5. The van der Waals surface area contributed by atoms with E-state index < -0.39 is 0 Å². The summed E-state index contributed by atoms with van der Waals surface area (Å²) in [5.74, 6) is 1.02. The minimum atomic E-state index is 0.241. The van der Waals surface area contributed by atoms with Gasteiger partial charge in [0, 0.05) is 6.04 Å². The van der Waals surface area contributed by atoms with Crippen LogP contribution in [0.25, 0.3) is 0 Å². The number of hydrogen-bond donors (Lipinski definition) is 0. The Hall–Kier alpha value is -0.550. The lowest BCUT2D eigenvalue weighted by atomic mass is 9.66. The van der Waals surface area contributed by atoms with E-state index in [9.17, 15) is 5.26 Å². The van der Waals surface area contributed by atoms with Gasteiger partial charge < -0.3 is 4.90 Å². The van der Waals surface area contributed by atoms with Crippen molar-refractivity contribution in [2.45, 2.75) is 72.3 Å². The number of nitrogens with zero attached hydrogens (tertiary/aromatic N) is 2. The average Bonchev–Trinajstić information content (AvgIpc) is 2.43. The fourth-order valence-corrected chi connectivity index (χ4v) is 3.36. The summed E-state index contributed by atoms with van der Waals surface area (Å²) in [4.78, 5) is 2.45. The van der Waals surface area contributed by atoms with E-state index in [1.54, 1.807) is 0 Å². The van der Waals surface area contributed by atoms with Crippen molar-refractivity contribution < 1.29 is 0 Å². The zero-order valence-corrected chi connectivity index (χ0v) is 13.6. The van der Waals surface area contributed by atoms with Crippen LogP contribution < -0.4 is 0 Å². The molecule has 0 N–H and O–H groups in total. The molecule has 0 heterocycles. The van der Waals surface area contributed by atoms with Gasteiger partial charge in [-0.3, -0.25) is 0 Å². The van der Waals surface area contributed by atoms with Crippen molar-refractivity contribution >= 4 is 0 Å². The molecular formula is C17H32N2. The Morgan fingerprint density at radius 1 is 1.26 bits per heavy atom. The molecular weight excluding hydrogens is 232 g/mol. The largest absolute Gasteiger partial charge is 0.302 e. The van der Waals surface area contributed by atoms with Crippen LogP contribution in [0.3, 0.4) is 0 Å². The summed E-state index contributed by atoms with van der Waals surface area (Å²) in [5.41, 5.74) is 0.421. The van der Waals surface area contributed by atoms with Gasteiger partial charge in [-0.05, 0) is 50.6 Å². The molecule has 19 heavy (non-hydrogen) atoms. The topological polar surface area (TPSA) is 27.0 Å². The van der Waals surface area contributed by atoms with Crippen molar-refractivity contribution in [3.8, 4) is 6.07 Å². The van der Waals surface area contributed by atoms with Gasteiger partial charge in [-0.25, -0.2) is 0 Å². The maximum atomic E-state index is 9.41. The van der Waals surface area contributed by atoms with Gasteiger partial charge in [0.2, 0.25) is 0 Å². The normalized spacial score (nSPS) is 28.4. The van der Waals surface area contributed by atoms with E-state index in [-0.39, 0.29) is 5.92 Å². The molecule has 0 radical (unpaired) electrons. The third-order valence-electron chi connectivity index (χ3n) is 5.43. The number of nitriles is 1. The van der Waals surface area contributed by atoms with E-state index in [2.05, 4.69) is 45.7 Å². The fraction of sp³-hybridized carbons (Fsp3) is 0.941. The van der Waals surface area contributed by atoms with E-state index in [1.165, 1.54) is 32.1 Å². The second kappa shape index (κ2) is 7.29. The van der Waals surface area contributed by atoms with Gasteiger partial charge >= 0.3 is 0 Å². The highest BCUT2D eigenvalue weighted by Gasteiger charge is 2.38. The van der Waals surface area contributed by atoms with E-state index in [0.29, 0.717) is 11.5 Å². The molecule has 110 valence electrons. The van der Waals surface area contributed by atoms with Crippen LogP contribution in [0.15, 0.2) is 0 Å². The lowest BCUT2D eigenvalue weighted by Gasteiger charge is -2.44. The van der Waals surface area contributed by atoms with Crippen molar-refractivity contribution in [2.75, 3.05) is 13.6 Å². The van der Waals surface area contributed by atoms with Crippen LogP contribution in [0.2, 0.25) is 0 Å². The molecule has 0 aromatic carbocycles. The van der Waals surface area contributed by atoms with Crippen molar-refractivity contribution in [3.63, 3.8) is 0 Å². The summed E-state index contributed by atoms with van der Waals surface area (Å²) < 4.78 is 0. The fourth-order valence-electron chi connectivity index (χ4n) is 3.36. The highest BCUT2D eigenvalue weighted by molar-refractivity contribution is 4.99. The Labute approximate surface area is 120 Å². The SMILES string of the molecule is CCCCN(C)C1CC(C(C)(C)CC)CCC1C#N. The molecule has 0 aromatic rings. The summed E-state index contributed by atoms with van der Waals surface area (Å²) in [6.45, 7) is 10.5. The number of hydrogen-bond acceptors (Lipinski definition) is 2. The highest BCUT2D eigenvalue weighted by Crippen LogP contribution is 2.43. The summed E-state index contributed by atoms with van der Waals surface area (Å²) in [7, 11) is 2.21. The second-order valence-corrected chi connectivity index (χ2v) is 6.99. The summed E-state index contributed by atoms with van der Waals surface area (Å²) in [5, 5.41) is 9.41. The van der Waals surface area contributed by atoms with Crippen LogP contribution in [-0.2, 0) is 0 Å². The Balaban J connectivity index is 2.71. The lowest BCUT2D eigenvalue weighted by Crippen LogP contribution is -2.45. The van der Waals surface area contributed by atoms with Crippen molar-refractivity contribution in [3.05, 3.63) is 0 Å². The van der Waals surface area contributed by atoms with Gasteiger partial charge in [-0.1, -0.05) is 40.5 Å². The summed E-state index contributed by atoms with van der Waals surface area (Å²) in [6, 6.07) is 3.03. The van der Waals surface area contributed by atoms with Crippen LogP contribution in [0.4, 0.5) is 0 Å². The Morgan fingerprint density at radius 3 is 2.47 bits per heavy atom. The lowest BCUT2D eigenvalue weighted by molar-refractivity contribution is 0.0640. The monoisotopic (exact) mass is 264 g/mol. The third-order valence-corrected chi connectivity index (χ3v) is 5.43. The first-order chi connectivity index (χ1) is 8.96. The highest BCUT2D eigenvalue weighted by atomic mass is 15.1. The smallest absolute Gasteiger partial charge is 0.0672 e. The van der Waals surface area contributed by atoms with Gasteiger partial charge in [-0.15, -0.1) is 0 Å². The van der Waals surface area contributed by atoms with Crippen LogP contribution in [0.1, 0.15) is 66.2 Å². The molecule has 0 saturated heterocycles. The van der Waals surface area contributed by atoms with E-state index in [4.69, 9.17) is 0 Å². The molecule has 0 aromatic heterocycles. The van der Waals surface area contributed by atoms with E-state index in [1.807, 2.05) is 0 Å². The number of unbranched alkanes of at least 4 members (excludes halogenated alkanes) is 1. The first-order valence-corrected chi connectivity index (χ1v) is 8.06. The molecule has 0 aliphatic heterocycles. The summed E-state index contributed by atoms with van der Waals surface area (Å²) >= 11 is 0. The van der Waals surface area contributed by atoms with Crippen molar-refractivity contribution in [1.29, 1.82) is 5.26 Å². The molecule has 1 saturated carbocycles. The quantitative estimate of drug-likeness (QED) is 0.708. The van der Waals surface area contributed by atoms with Gasteiger partial charge in [0.05, 0.1) is 12.0 Å². The molecule has 2 nitrogen and oxygen atoms in total. The maximum absolute atomic E-state index is 9.41. The molecule has 3 atom stereocenters. The van der Waals surface area contributed by atoms with E-state index >= 15 is 0 Å². The zero-order valence-electron chi connectivity index (χ0n) is 13.6. The molecule has 0 amide bonds. The van der Waals surface area contributed by atoms with Gasteiger partial charge in [-0.2, -0.15) is 5.26 Å². The maximum Gasteiger partial charge on any atom is 0.0672 e. The van der Waals surface area contributed by atoms with Crippen molar-refractivity contribution in [2.24, 2.45) is 17.3 Å². The van der Waals surface area contributed by atoms with Crippen LogP contribution in [0.5, 0.6) is 0 Å². The second-order valence-electron chi connectivity index (χ2n) is 6.99. The van der Waals surface area contributed by atoms with Gasteiger partial charge in [0.25, 0.3) is 0 Å². The van der Waals surface area contributed by atoms with E-state index in [0.717, 1.165) is 18.9 Å². The van der Waals surface area contributed by atoms with Gasteiger partial charge in [0.1, 0.15) is 0 Å².